The van der Waals surface area contributed by atoms with Gasteiger partial charge in [0.25, 0.3) is 0 Å². The standard InChI is InChI=1S/C7H9N3O3.C6H8BrN3O.C6H9N3O2/c1-12-7(11)6-5-4-13-3-2-10(5)9-8-6;7-3-5-6-4-11-2-1-10(6)9-8-5;10-3-5-6-4-11-2-1-9(6)8-7-5/h2-4H2,1H3;1-4H2;10H,1-4H2. The van der Waals surface area contributed by atoms with Gasteiger partial charge < -0.3 is 24.1 Å². The first kappa shape index (κ1) is 25.3. The summed E-state index contributed by atoms with van der Waals surface area (Å²) in [6.07, 6.45) is 0. The second-order valence-corrected chi connectivity index (χ2v) is 8.02. The average molecular weight is 556 g/mol. The Bertz CT molecular complexity index is 1050. The lowest BCUT2D eigenvalue weighted by Crippen LogP contribution is -2.19. The number of fused-ring (bicyclic) bond motifs is 3. The first-order chi connectivity index (χ1) is 17.2. The van der Waals surface area contributed by atoms with Crippen LogP contribution in [0.3, 0.4) is 0 Å². The monoisotopic (exact) mass is 555 g/mol. The minimum absolute atomic E-state index is 0.0569. The van der Waals surface area contributed by atoms with E-state index in [4.69, 9.17) is 19.3 Å². The van der Waals surface area contributed by atoms with E-state index in [-0.39, 0.29) is 12.3 Å². The predicted molar refractivity (Wildman–Crippen MR) is 119 cm³/mol. The molecule has 0 unspecified atom stereocenters. The van der Waals surface area contributed by atoms with Crippen molar-refractivity contribution in [3.05, 3.63) is 34.2 Å². The van der Waals surface area contributed by atoms with Gasteiger partial charge in [-0.25, -0.2) is 18.8 Å². The largest absolute Gasteiger partial charge is 0.464 e. The molecule has 0 bridgehead atoms. The normalized spacial score (nSPS) is 16.0. The van der Waals surface area contributed by atoms with Crippen LogP contribution in [-0.2, 0) is 70.3 Å². The van der Waals surface area contributed by atoms with Crippen LogP contribution in [0.1, 0.15) is 39.0 Å². The highest BCUT2D eigenvalue weighted by molar-refractivity contribution is 9.08. The van der Waals surface area contributed by atoms with Crippen LogP contribution in [0.15, 0.2) is 0 Å². The molecule has 6 rings (SSSR count). The number of methoxy groups -OCH3 is 1. The maximum absolute atomic E-state index is 11.2. The summed E-state index contributed by atoms with van der Waals surface area (Å²) in [5, 5.41) is 32.7. The van der Waals surface area contributed by atoms with Gasteiger partial charge in [0.15, 0.2) is 5.69 Å². The lowest BCUT2D eigenvalue weighted by molar-refractivity contribution is 0.0568. The molecule has 35 heavy (non-hydrogen) atoms. The Labute approximate surface area is 208 Å². The van der Waals surface area contributed by atoms with E-state index < -0.39 is 5.97 Å². The second kappa shape index (κ2) is 12.3. The fourth-order valence-corrected chi connectivity index (χ4v) is 3.94. The van der Waals surface area contributed by atoms with Gasteiger partial charge in [-0.05, 0) is 0 Å². The average Bonchev–Trinajstić information content (AvgIpc) is 3.65. The van der Waals surface area contributed by atoms with E-state index in [1.165, 1.54) is 7.11 Å². The van der Waals surface area contributed by atoms with Crippen molar-refractivity contribution in [2.45, 2.75) is 51.4 Å². The van der Waals surface area contributed by atoms with Crippen LogP contribution >= 0.6 is 15.9 Å². The summed E-state index contributed by atoms with van der Waals surface area (Å²) >= 11 is 3.34. The number of carbonyl (C=O) groups is 1. The van der Waals surface area contributed by atoms with Crippen LogP contribution in [-0.4, -0.2) is 83.0 Å². The van der Waals surface area contributed by atoms with Gasteiger partial charge in [-0.15, -0.1) is 15.3 Å². The van der Waals surface area contributed by atoms with Crippen LogP contribution < -0.4 is 0 Å². The van der Waals surface area contributed by atoms with Gasteiger partial charge in [0, 0.05) is 5.33 Å². The van der Waals surface area contributed by atoms with E-state index in [1.54, 1.807) is 9.36 Å². The molecule has 0 fully saturated rings. The molecule has 3 aromatic rings. The molecule has 0 amide bonds. The van der Waals surface area contributed by atoms with Crippen molar-refractivity contribution in [1.82, 2.24) is 45.0 Å². The number of carbonyl (C=O) groups excluding carboxylic acids is 1. The molecule has 15 nitrogen and oxygen atoms in total. The molecular weight excluding hydrogens is 530 g/mol. The lowest BCUT2D eigenvalue weighted by Gasteiger charge is -2.13. The highest BCUT2D eigenvalue weighted by Gasteiger charge is 2.22. The molecule has 1 N–H and O–H groups in total. The number of rotatable bonds is 3. The third-order valence-corrected chi connectivity index (χ3v) is 5.92. The van der Waals surface area contributed by atoms with E-state index in [0.29, 0.717) is 51.0 Å². The van der Waals surface area contributed by atoms with Crippen molar-refractivity contribution in [2.24, 2.45) is 0 Å². The van der Waals surface area contributed by atoms with E-state index >= 15 is 0 Å². The number of esters is 1. The highest BCUT2D eigenvalue weighted by atomic mass is 79.9. The highest BCUT2D eigenvalue weighted by Crippen LogP contribution is 2.14. The Kier molecular flexibility index (Phi) is 8.86. The topological polar surface area (TPSA) is 166 Å². The number of nitrogens with zero attached hydrogens (tertiary/aromatic N) is 9. The van der Waals surface area contributed by atoms with Gasteiger partial charge >= 0.3 is 5.97 Å². The summed E-state index contributed by atoms with van der Waals surface area (Å²) in [6.45, 7) is 5.72. The number of hydrogen-bond acceptors (Lipinski definition) is 12. The molecular formula is C19H26BrN9O6. The molecule has 3 aliphatic heterocycles. The minimum Gasteiger partial charge on any atom is -0.464 e. The molecule has 6 heterocycles. The molecule has 0 aromatic carbocycles. The number of aliphatic hydroxyl groups is 1. The van der Waals surface area contributed by atoms with Crippen LogP contribution in [0.2, 0.25) is 0 Å². The Balaban J connectivity index is 0.000000124. The van der Waals surface area contributed by atoms with E-state index in [0.717, 1.165) is 42.1 Å². The van der Waals surface area contributed by atoms with Crippen molar-refractivity contribution < 1.29 is 28.8 Å². The van der Waals surface area contributed by atoms with Crippen molar-refractivity contribution in [3.8, 4) is 0 Å². The van der Waals surface area contributed by atoms with Gasteiger partial charge in [-0.3, -0.25) is 0 Å². The minimum atomic E-state index is -0.466. The SMILES string of the molecule is BrCc1nnn2c1COCC2.COC(=O)c1nnn2c1COCC2.OCc1nnn2c1COCC2. The van der Waals surface area contributed by atoms with Crippen LogP contribution in [0.5, 0.6) is 0 Å². The van der Waals surface area contributed by atoms with Crippen LogP contribution in [0.25, 0.3) is 0 Å². The van der Waals surface area contributed by atoms with Gasteiger partial charge in [0.2, 0.25) is 0 Å². The molecule has 0 saturated heterocycles. The number of aliphatic hydroxyl groups excluding tert-OH is 1. The number of halogens is 1. The van der Waals surface area contributed by atoms with Gasteiger partial charge in [-0.1, -0.05) is 31.6 Å². The van der Waals surface area contributed by atoms with E-state index in [9.17, 15) is 4.79 Å². The summed E-state index contributed by atoms with van der Waals surface area (Å²) in [5.74, 6) is -0.466. The third-order valence-electron chi connectivity index (χ3n) is 5.39. The van der Waals surface area contributed by atoms with Crippen molar-refractivity contribution >= 4 is 21.9 Å². The molecule has 0 spiro atoms. The maximum Gasteiger partial charge on any atom is 0.360 e. The Morgan fingerprint density at radius 2 is 1.34 bits per heavy atom. The smallest absolute Gasteiger partial charge is 0.360 e. The van der Waals surface area contributed by atoms with Crippen molar-refractivity contribution in [3.63, 3.8) is 0 Å². The Morgan fingerprint density at radius 1 is 0.857 bits per heavy atom. The first-order valence-corrected chi connectivity index (χ1v) is 12.0. The summed E-state index contributed by atoms with van der Waals surface area (Å²) in [5.41, 5.74) is 4.57. The fraction of sp³-hybridized carbons (Fsp3) is 0.632. The van der Waals surface area contributed by atoms with Gasteiger partial charge in [0.05, 0.1) is 95.8 Å². The molecule has 16 heteroatoms. The van der Waals surface area contributed by atoms with E-state index in [2.05, 4.69) is 51.6 Å². The predicted octanol–water partition coefficient (Wildman–Crippen LogP) is -0.401. The zero-order valence-electron chi connectivity index (χ0n) is 19.2. The Morgan fingerprint density at radius 3 is 1.89 bits per heavy atom. The molecule has 3 aliphatic rings. The number of ether oxygens (including phenoxy) is 4. The zero-order chi connectivity index (χ0) is 24.6. The molecule has 0 saturated carbocycles. The first-order valence-electron chi connectivity index (χ1n) is 10.9. The maximum atomic E-state index is 11.2. The summed E-state index contributed by atoms with van der Waals surface area (Å²) in [4.78, 5) is 11.2. The lowest BCUT2D eigenvalue weighted by atomic mass is 10.3. The number of hydrogen-bond donors (Lipinski definition) is 1. The summed E-state index contributed by atoms with van der Waals surface area (Å²) in [7, 11) is 1.32. The van der Waals surface area contributed by atoms with Crippen LogP contribution in [0.4, 0.5) is 0 Å². The van der Waals surface area contributed by atoms with Crippen LogP contribution in [0, 0.1) is 0 Å². The Hall–Kier alpha value is -2.79. The van der Waals surface area contributed by atoms with Gasteiger partial charge in [-0.2, -0.15) is 0 Å². The zero-order valence-corrected chi connectivity index (χ0v) is 20.8. The molecule has 0 aliphatic carbocycles. The molecule has 0 atom stereocenters. The van der Waals surface area contributed by atoms with E-state index in [1.807, 2.05) is 4.68 Å². The molecule has 0 radical (unpaired) electrons. The molecule has 3 aromatic heterocycles. The summed E-state index contributed by atoms with van der Waals surface area (Å²) < 4.78 is 25.5. The second-order valence-electron chi connectivity index (χ2n) is 7.46. The quantitative estimate of drug-likeness (QED) is 0.328. The van der Waals surface area contributed by atoms with Gasteiger partial charge in [0.1, 0.15) is 5.69 Å². The van der Waals surface area contributed by atoms with Crippen molar-refractivity contribution in [2.75, 3.05) is 26.9 Å². The summed E-state index contributed by atoms with van der Waals surface area (Å²) in [6, 6.07) is 0. The third kappa shape index (κ3) is 5.90. The number of aromatic nitrogens is 9. The molecule has 190 valence electrons. The van der Waals surface area contributed by atoms with Crippen molar-refractivity contribution in [1.29, 1.82) is 0 Å². The fourth-order valence-electron chi connectivity index (χ4n) is 3.51. The number of alkyl halides is 1.